The SMILES string of the molecule is CC(=O)N[C@H](C(=O)N1CCCC1C1=NC=C(c2csc3c(-c4ccc(-c5cnc(C6CCCN6C(=O)[C@@H](NC(=O)CO)C(C)C)[nH]5)cc4)c[nH]c23)C1)C(C)C. The molecule has 7 rings (SSSR count). The zero-order valence-corrected chi connectivity index (χ0v) is 32.8. The number of aromatic amines is 2. The summed E-state index contributed by atoms with van der Waals surface area (Å²) >= 11 is 1.70. The van der Waals surface area contributed by atoms with Crippen LogP contribution in [0, 0.1) is 11.8 Å². The zero-order chi connectivity index (χ0) is 39.0. The van der Waals surface area contributed by atoms with Crippen molar-refractivity contribution in [1.82, 2.24) is 35.4 Å². The molecule has 0 spiro atoms. The van der Waals surface area contributed by atoms with Crippen LogP contribution in [0.5, 0.6) is 0 Å². The number of hydrogen-bond donors (Lipinski definition) is 5. The van der Waals surface area contributed by atoms with Crippen molar-refractivity contribution >= 4 is 56.5 Å². The first-order chi connectivity index (χ1) is 26.4. The van der Waals surface area contributed by atoms with E-state index in [-0.39, 0.29) is 41.6 Å². The number of aliphatic imine (C=N–C) groups is 1. The molecule has 4 amide bonds. The van der Waals surface area contributed by atoms with Crippen LogP contribution in [0.2, 0.25) is 0 Å². The van der Waals surface area contributed by atoms with E-state index in [1.807, 2.05) is 38.8 Å². The molecule has 0 saturated carbocycles. The van der Waals surface area contributed by atoms with Gasteiger partial charge in [0.15, 0.2) is 0 Å². The van der Waals surface area contributed by atoms with Crippen LogP contribution in [-0.2, 0) is 19.2 Å². The summed E-state index contributed by atoms with van der Waals surface area (Å²) in [6.07, 6.45) is 9.85. The number of aromatic nitrogens is 3. The maximum Gasteiger partial charge on any atom is 0.246 e. The number of amides is 4. The second-order valence-electron chi connectivity index (χ2n) is 15.5. The summed E-state index contributed by atoms with van der Waals surface area (Å²) in [5.74, 6) is -0.404. The van der Waals surface area contributed by atoms with Crippen LogP contribution in [0.15, 0.2) is 53.2 Å². The summed E-state index contributed by atoms with van der Waals surface area (Å²) in [4.78, 5) is 71.1. The summed E-state index contributed by atoms with van der Waals surface area (Å²) in [7, 11) is 0. The van der Waals surface area contributed by atoms with E-state index in [1.165, 1.54) is 6.92 Å². The minimum absolute atomic E-state index is 0.0145. The van der Waals surface area contributed by atoms with Crippen molar-refractivity contribution in [2.24, 2.45) is 16.8 Å². The third-order valence-electron chi connectivity index (χ3n) is 11.1. The number of likely N-dealkylation sites (tertiary alicyclic amines) is 2. The summed E-state index contributed by atoms with van der Waals surface area (Å²) in [6.45, 7) is 9.70. The van der Waals surface area contributed by atoms with Gasteiger partial charge in [0, 0.05) is 61.0 Å². The summed E-state index contributed by atoms with van der Waals surface area (Å²) < 4.78 is 1.16. The largest absolute Gasteiger partial charge is 0.387 e. The lowest BCUT2D eigenvalue weighted by Gasteiger charge is -2.31. The Balaban J connectivity index is 1.02. The molecule has 4 aromatic rings. The number of hydrogen-bond acceptors (Lipinski definition) is 8. The molecular formula is C41H50N8O5S. The lowest BCUT2D eigenvalue weighted by atomic mass is 9.98. The van der Waals surface area contributed by atoms with Gasteiger partial charge in [0.1, 0.15) is 24.5 Å². The molecule has 1 aromatic carbocycles. The zero-order valence-electron chi connectivity index (χ0n) is 32.0. The van der Waals surface area contributed by atoms with E-state index in [2.05, 4.69) is 61.4 Å². The van der Waals surface area contributed by atoms with E-state index in [0.29, 0.717) is 25.3 Å². The molecule has 55 heavy (non-hydrogen) atoms. The summed E-state index contributed by atoms with van der Waals surface area (Å²) in [6, 6.07) is 6.78. The number of carbonyl (C=O) groups excluding carboxylic acids is 4. The fourth-order valence-electron chi connectivity index (χ4n) is 8.17. The van der Waals surface area contributed by atoms with Crippen molar-refractivity contribution in [3.63, 3.8) is 0 Å². The van der Waals surface area contributed by atoms with Crippen molar-refractivity contribution in [2.75, 3.05) is 19.7 Å². The minimum Gasteiger partial charge on any atom is -0.387 e. The Bertz CT molecular complexity index is 2140. The van der Waals surface area contributed by atoms with Gasteiger partial charge in [-0.1, -0.05) is 52.0 Å². The molecule has 6 heterocycles. The first-order valence-electron chi connectivity index (χ1n) is 19.2. The van der Waals surface area contributed by atoms with Crippen LogP contribution in [0.25, 0.3) is 38.2 Å². The number of H-pyrrole nitrogens is 2. The Morgan fingerprint density at radius 1 is 0.909 bits per heavy atom. The quantitative estimate of drug-likeness (QED) is 0.129. The highest BCUT2D eigenvalue weighted by Crippen LogP contribution is 2.41. The number of imidazole rings is 1. The minimum atomic E-state index is -0.720. The number of nitrogens with zero attached hydrogens (tertiary/aromatic N) is 4. The van der Waals surface area contributed by atoms with Gasteiger partial charge >= 0.3 is 0 Å². The number of aliphatic hydroxyl groups excluding tert-OH is 1. The van der Waals surface area contributed by atoms with Gasteiger partial charge in [-0.2, -0.15) is 0 Å². The molecule has 0 bridgehead atoms. The number of fused-ring (bicyclic) bond motifs is 1. The van der Waals surface area contributed by atoms with Crippen LogP contribution in [-0.4, -0.2) is 97.0 Å². The maximum absolute atomic E-state index is 13.6. The first kappa shape index (κ1) is 38.2. The molecule has 3 aliphatic rings. The van der Waals surface area contributed by atoms with Crippen molar-refractivity contribution in [3.8, 4) is 22.4 Å². The number of aliphatic hydroxyl groups is 1. The number of benzene rings is 1. The van der Waals surface area contributed by atoms with Gasteiger partial charge in [-0.25, -0.2) is 4.98 Å². The van der Waals surface area contributed by atoms with Gasteiger partial charge in [-0.05, 0) is 54.2 Å². The average molecular weight is 767 g/mol. The molecule has 2 saturated heterocycles. The fraction of sp³-hybridized carbons (Fsp3) is 0.463. The van der Waals surface area contributed by atoms with Crippen molar-refractivity contribution < 1.29 is 24.3 Å². The highest BCUT2D eigenvalue weighted by atomic mass is 32.1. The first-order valence-corrected chi connectivity index (χ1v) is 20.1. The van der Waals surface area contributed by atoms with Gasteiger partial charge in [0.2, 0.25) is 23.6 Å². The highest BCUT2D eigenvalue weighted by molar-refractivity contribution is 7.18. The Kier molecular flexibility index (Phi) is 11.1. The number of thiophene rings is 1. The number of allylic oxidation sites excluding steroid dienone is 1. The van der Waals surface area contributed by atoms with Gasteiger partial charge in [0.05, 0.1) is 34.2 Å². The summed E-state index contributed by atoms with van der Waals surface area (Å²) in [5.41, 5.74) is 8.33. The normalized spacial score (nSPS) is 19.6. The second kappa shape index (κ2) is 16.0. The van der Waals surface area contributed by atoms with Crippen LogP contribution in [0.3, 0.4) is 0 Å². The van der Waals surface area contributed by atoms with Crippen LogP contribution >= 0.6 is 11.3 Å². The number of nitrogens with one attached hydrogen (secondary N) is 4. The molecule has 2 unspecified atom stereocenters. The van der Waals surface area contributed by atoms with E-state index >= 15 is 0 Å². The van der Waals surface area contributed by atoms with Crippen molar-refractivity contribution in [3.05, 3.63) is 59.6 Å². The molecule has 14 heteroatoms. The number of rotatable bonds is 12. The molecule has 2 fully saturated rings. The molecular weight excluding hydrogens is 717 g/mol. The number of carbonyl (C=O) groups is 4. The van der Waals surface area contributed by atoms with E-state index in [1.54, 1.807) is 22.4 Å². The van der Waals surface area contributed by atoms with Gasteiger partial charge in [-0.3, -0.25) is 24.2 Å². The third-order valence-corrected chi connectivity index (χ3v) is 12.1. The third kappa shape index (κ3) is 7.62. The van der Waals surface area contributed by atoms with Crippen molar-refractivity contribution in [1.29, 1.82) is 0 Å². The van der Waals surface area contributed by atoms with Crippen LogP contribution in [0.1, 0.15) is 84.2 Å². The second-order valence-corrected chi connectivity index (χ2v) is 16.4. The predicted octanol–water partition coefficient (Wildman–Crippen LogP) is 5.42. The van der Waals surface area contributed by atoms with E-state index in [4.69, 9.17) is 4.99 Å². The van der Waals surface area contributed by atoms with Crippen LogP contribution < -0.4 is 10.6 Å². The standard InChI is InChI=1S/C41H50N8O5S/c1-22(2)35(45-24(5)51)40(53)48-14-6-8-32(48)30-16-27(17-42-30)29-21-55-38-28(18-43-37(29)38)25-10-12-26(13-11-25)31-19-44-39(46-31)33-9-7-15-49(33)41(54)36(23(3)4)47-34(52)20-50/h10-13,17-19,21-23,32-33,35-36,43,50H,6-9,14-16,20H2,1-5H3,(H,44,46)(H,45,51)(H,47,52)/t32?,33?,35-,36-/m0/s1. The lowest BCUT2D eigenvalue weighted by molar-refractivity contribution is -0.139. The Labute approximate surface area is 324 Å². The van der Waals surface area contributed by atoms with Gasteiger partial charge < -0.3 is 35.5 Å². The molecule has 0 radical (unpaired) electrons. The van der Waals surface area contributed by atoms with Crippen molar-refractivity contribution in [2.45, 2.75) is 90.9 Å². The Morgan fingerprint density at radius 2 is 1.55 bits per heavy atom. The molecule has 13 nitrogen and oxygen atoms in total. The molecule has 290 valence electrons. The maximum atomic E-state index is 13.6. The van der Waals surface area contributed by atoms with Gasteiger partial charge in [-0.15, -0.1) is 11.3 Å². The van der Waals surface area contributed by atoms with Gasteiger partial charge in [0.25, 0.3) is 0 Å². The van der Waals surface area contributed by atoms with E-state index < -0.39 is 24.6 Å². The monoisotopic (exact) mass is 766 g/mol. The van der Waals surface area contributed by atoms with E-state index in [9.17, 15) is 24.3 Å². The lowest BCUT2D eigenvalue weighted by Crippen LogP contribution is -2.53. The Hall–Kier alpha value is -5.08. The molecule has 0 aliphatic carbocycles. The topological polar surface area (TPSA) is 176 Å². The fourth-order valence-corrected chi connectivity index (χ4v) is 9.27. The molecule has 3 aromatic heterocycles. The average Bonchev–Trinajstić information content (AvgIpc) is 4.01. The highest BCUT2D eigenvalue weighted by Gasteiger charge is 2.39. The molecule has 4 atom stereocenters. The Morgan fingerprint density at radius 3 is 2.20 bits per heavy atom. The van der Waals surface area contributed by atoms with Crippen LogP contribution in [0.4, 0.5) is 0 Å². The predicted molar refractivity (Wildman–Crippen MR) is 214 cm³/mol. The smallest absolute Gasteiger partial charge is 0.246 e. The summed E-state index contributed by atoms with van der Waals surface area (Å²) in [5, 5.41) is 16.9. The molecule has 5 N–H and O–H groups in total. The van der Waals surface area contributed by atoms with E-state index in [0.717, 1.165) is 75.1 Å². The molecule has 3 aliphatic heterocycles.